The van der Waals surface area contributed by atoms with Crippen LogP contribution in [0.2, 0.25) is 0 Å². The average molecular weight is 590 g/mol. The molecule has 1 aromatic heterocycles. The van der Waals surface area contributed by atoms with E-state index in [0.29, 0.717) is 25.0 Å². The number of benzene rings is 1. The first-order valence-electron chi connectivity index (χ1n) is 15.5. The van der Waals surface area contributed by atoms with E-state index in [1.807, 2.05) is 18.5 Å². The van der Waals surface area contributed by atoms with E-state index in [4.69, 9.17) is 4.74 Å². The summed E-state index contributed by atoms with van der Waals surface area (Å²) in [5.74, 6) is 1.43. The van der Waals surface area contributed by atoms with Gasteiger partial charge in [-0.3, -0.25) is 4.79 Å². The maximum absolute atomic E-state index is 14.1. The number of carbonyl (C=O) groups is 1. The number of rotatable bonds is 10. The number of thiazole rings is 1. The molecule has 1 N–H and O–H groups in total. The van der Waals surface area contributed by atoms with E-state index in [2.05, 4.69) is 83.8 Å². The van der Waals surface area contributed by atoms with Crippen molar-refractivity contribution < 1.29 is 9.53 Å². The molecule has 3 atom stereocenters. The van der Waals surface area contributed by atoms with Gasteiger partial charge in [0.2, 0.25) is 11.8 Å². The molecule has 0 radical (unpaired) electrons. The first kappa shape index (κ1) is 30.5. The molecule has 4 heterocycles. The zero-order valence-corrected chi connectivity index (χ0v) is 26.8. The van der Waals surface area contributed by atoms with Crippen LogP contribution in [0.5, 0.6) is 0 Å². The quantitative estimate of drug-likeness (QED) is 0.355. The summed E-state index contributed by atoms with van der Waals surface area (Å²) < 4.78 is 6.13. The van der Waals surface area contributed by atoms with E-state index in [9.17, 15) is 4.79 Å². The van der Waals surface area contributed by atoms with Gasteiger partial charge in [0, 0.05) is 24.4 Å². The summed E-state index contributed by atoms with van der Waals surface area (Å²) in [6.07, 6.45) is 6.28. The maximum atomic E-state index is 14.1. The largest absolute Gasteiger partial charge is 0.478 e. The summed E-state index contributed by atoms with van der Waals surface area (Å²) in [5.41, 5.74) is 7.33. The molecular weight excluding hydrogens is 542 g/mol. The molecule has 1 amide bonds. The van der Waals surface area contributed by atoms with Crippen LogP contribution in [-0.4, -0.2) is 72.5 Å². The van der Waals surface area contributed by atoms with Gasteiger partial charge >= 0.3 is 0 Å². The number of aliphatic imine (C=N–C) groups is 1. The number of hydrogen-bond acceptors (Lipinski definition) is 7. The number of carbonyl (C=O) groups excluding carboxylic acids is 1. The summed E-state index contributed by atoms with van der Waals surface area (Å²) in [6.45, 7) is 17.2. The number of ether oxygens (including phenoxy) is 1. The van der Waals surface area contributed by atoms with Crippen molar-refractivity contribution in [3.63, 3.8) is 0 Å². The fourth-order valence-corrected chi connectivity index (χ4v) is 7.34. The van der Waals surface area contributed by atoms with Gasteiger partial charge in [0.1, 0.15) is 0 Å². The summed E-state index contributed by atoms with van der Waals surface area (Å²) in [4.78, 5) is 28.8. The minimum atomic E-state index is -0.202. The minimum absolute atomic E-state index is 0.0107. The Bertz CT molecular complexity index is 1310. The molecule has 0 bridgehead atoms. The lowest BCUT2D eigenvalue weighted by Crippen LogP contribution is -2.45. The van der Waals surface area contributed by atoms with Crippen LogP contribution in [0.25, 0.3) is 10.4 Å². The van der Waals surface area contributed by atoms with Gasteiger partial charge in [0.05, 0.1) is 41.2 Å². The molecule has 3 aliphatic heterocycles. The maximum Gasteiger partial charge on any atom is 0.230 e. The Morgan fingerprint density at radius 3 is 2.55 bits per heavy atom. The van der Waals surface area contributed by atoms with Gasteiger partial charge in [-0.05, 0) is 88.2 Å². The molecular formula is C34H47N5O2S. The van der Waals surface area contributed by atoms with Gasteiger partial charge in [-0.2, -0.15) is 0 Å². The van der Waals surface area contributed by atoms with E-state index >= 15 is 0 Å². The number of nitrogens with zero attached hydrogens (tertiary/aromatic N) is 4. The average Bonchev–Trinajstić information content (AvgIpc) is 3.74. The van der Waals surface area contributed by atoms with Crippen molar-refractivity contribution in [2.24, 2.45) is 22.7 Å². The summed E-state index contributed by atoms with van der Waals surface area (Å²) >= 11 is 1.67. The second-order valence-corrected chi connectivity index (χ2v) is 13.5. The van der Waals surface area contributed by atoms with Crippen LogP contribution < -0.4 is 5.32 Å². The van der Waals surface area contributed by atoms with Crippen molar-refractivity contribution in [1.82, 2.24) is 20.1 Å². The molecule has 1 aromatic carbocycles. The zero-order chi connectivity index (χ0) is 29.8. The second-order valence-electron chi connectivity index (χ2n) is 12.6. The highest BCUT2D eigenvalue weighted by Gasteiger charge is 2.38. The molecule has 42 heavy (non-hydrogen) atoms. The zero-order valence-electron chi connectivity index (χ0n) is 25.9. The number of aryl methyl sites for hydroxylation is 1. The van der Waals surface area contributed by atoms with E-state index in [0.717, 1.165) is 62.3 Å². The lowest BCUT2D eigenvalue weighted by Gasteiger charge is -2.33. The topological polar surface area (TPSA) is 70.1 Å². The predicted octanol–water partition coefficient (Wildman–Crippen LogP) is 6.24. The molecule has 5 rings (SSSR count). The Balaban J connectivity index is 1.19. The predicted molar refractivity (Wildman–Crippen MR) is 173 cm³/mol. The molecule has 2 aromatic rings. The van der Waals surface area contributed by atoms with Crippen LogP contribution in [0.1, 0.15) is 63.8 Å². The monoisotopic (exact) mass is 589 g/mol. The highest BCUT2D eigenvalue weighted by molar-refractivity contribution is 7.13. The van der Waals surface area contributed by atoms with E-state index in [1.54, 1.807) is 11.3 Å². The van der Waals surface area contributed by atoms with Gasteiger partial charge < -0.3 is 19.9 Å². The van der Waals surface area contributed by atoms with Crippen LogP contribution in [-0.2, 0) is 9.53 Å². The fraction of sp³-hybridized carbons (Fsp3) is 0.559. The summed E-state index contributed by atoms with van der Waals surface area (Å²) in [7, 11) is 2.18. The van der Waals surface area contributed by atoms with Crippen LogP contribution in [0.3, 0.4) is 0 Å². The molecule has 2 saturated heterocycles. The highest BCUT2D eigenvalue weighted by Crippen LogP contribution is 2.33. The van der Waals surface area contributed by atoms with Crippen LogP contribution in [0, 0.1) is 24.7 Å². The van der Waals surface area contributed by atoms with E-state index in [-0.39, 0.29) is 29.8 Å². The number of hydrogen-bond donors (Lipinski definition) is 1. The lowest BCUT2D eigenvalue weighted by molar-refractivity contribution is -0.135. The van der Waals surface area contributed by atoms with Gasteiger partial charge in [0.15, 0.2) is 0 Å². The molecule has 3 unspecified atom stereocenters. The van der Waals surface area contributed by atoms with E-state index in [1.165, 1.54) is 16.0 Å². The Morgan fingerprint density at radius 1 is 1.14 bits per heavy atom. The Kier molecular flexibility index (Phi) is 9.84. The van der Waals surface area contributed by atoms with Gasteiger partial charge in [-0.25, -0.2) is 9.98 Å². The van der Waals surface area contributed by atoms with Gasteiger partial charge in [0.25, 0.3) is 0 Å². The third-order valence-corrected chi connectivity index (χ3v) is 10.1. The van der Waals surface area contributed by atoms with E-state index < -0.39 is 0 Å². The molecule has 3 aliphatic rings. The number of likely N-dealkylation sites (tertiary alicyclic amines) is 2. The highest BCUT2D eigenvalue weighted by atomic mass is 32.1. The number of amides is 1. The van der Waals surface area contributed by atoms with Crippen molar-refractivity contribution in [3.05, 3.63) is 65.0 Å². The number of piperidine rings is 1. The lowest BCUT2D eigenvalue weighted by atomic mass is 9.86. The van der Waals surface area contributed by atoms with Crippen molar-refractivity contribution in [1.29, 1.82) is 0 Å². The van der Waals surface area contributed by atoms with Crippen molar-refractivity contribution in [2.45, 2.75) is 65.5 Å². The molecule has 0 aliphatic carbocycles. The molecule has 0 spiro atoms. The summed E-state index contributed by atoms with van der Waals surface area (Å²) in [5, 5.41) is 3.63. The summed E-state index contributed by atoms with van der Waals surface area (Å²) in [6, 6.07) is 8.75. The number of nitrogens with one attached hydrogen (secondary N) is 1. The number of aromatic nitrogens is 1. The van der Waals surface area contributed by atoms with Gasteiger partial charge in [-0.1, -0.05) is 44.7 Å². The normalized spacial score (nSPS) is 21.3. The van der Waals surface area contributed by atoms with Crippen molar-refractivity contribution in [3.8, 4) is 10.4 Å². The second kappa shape index (κ2) is 13.6. The smallest absolute Gasteiger partial charge is 0.230 e. The van der Waals surface area contributed by atoms with Crippen molar-refractivity contribution in [2.75, 3.05) is 39.8 Å². The van der Waals surface area contributed by atoms with Crippen LogP contribution in [0.15, 0.2) is 58.7 Å². The van der Waals surface area contributed by atoms with Gasteiger partial charge in [-0.15, -0.1) is 11.3 Å². The minimum Gasteiger partial charge on any atom is -0.478 e. The van der Waals surface area contributed by atoms with Crippen LogP contribution in [0.4, 0.5) is 0 Å². The first-order valence-corrected chi connectivity index (χ1v) is 16.4. The van der Waals surface area contributed by atoms with Crippen LogP contribution >= 0.6 is 11.3 Å². The molecule has 7 nitrogen and oxygen atoms in total. The molecule has 0 saturated carbocycles. The first-order chi connectivity index (χ1) is 20.2. The SMILES string of the molecule is C=C(NC(C)c1ccc(-c2scnc2C)cc1)C1CCCN1C(=O)C(C1=CC(OCC2CCN(C)CC2)=NC1)C(C)C. The Hall–Kier alpha value is -2.97. The molecule has 8 heteroatoms. The van der Waals surface area contributed by atoms with Crippen molar-refractivity contribution >= 4 is 23.1 Å². The molecule has 2 fully saturated rings. The Labute approximate surface area is 255 Å². The Morgan fingerprint density at radius 2 is 1.88 bits per heavy atom. The third kappa shape index (κ3) is 6.97. The standard InChI is InChI=1S/C34H47N5O2S/c1-22(2)32(29-18-31(35-19-29)41-20-26-13-16-38(6)17-14-26)34(40)39-15-7-8-30(39)24(4)37-23(3)27-9-11-28(12-10-27)33-25(5)36-21-42-33/h9-12,18,21-23,26,30,32,37H,4,7-8,13-17,19-20H2,1-3,5-6H3. The third-order valence-electron chi connectivity index (χ3n) is 9.12. The fourth-order valence-electron chi connectivity index (χ4n) is 6.53. The molecule has 226 valence electrons.